The zero-order valence-corrected chi connectivity index (χ0v) is 11.0. The van der Waals surface area contributed by atoms with Gasteiger partial charge in [0, 0.05) is 18.7 Å². The van der Waals surface area contributed by atoms with Crippen LogP contribution in [-0.2, 0) is 6.54 Å². The van der Waals surface area contributed by atoms with Crippen LogP contribution in [0.15, 0.2) is 42.5 Å². The lowest BCUT2D eigenvalue weighted by molar-refractivity contribution is 0.545. The third-order valence-electron chi connectivity index (χ3n) is 3.08. The molecular formula is C16H14F2N2. The van der Waals surface area contributed by atoms with Gasteiger partial charge in [0.1, 0.15) is 11.6 Å². The second kappa shape index (κ2) is 6.27. The Morgan fingerprint density at radius 2 is 1.70 bits per heavy atom. The summed E-state index contributed by atoms with van der Waals surface area (Å²) >= 11 is 0. The van der Waals surface area contributed by atoms with Crippen molar-refractivity contribution in [2.45, 2.75) is 19.5 Å². The van der Waals surface area contributed by atoms with Crippen molar-refractivity contribution in [2.75, 3.05) is 0 Å². The molecule has 2 aromatic rings. The van der Waals surface area contributed by atoms with Gasteiger partial charge in [0.15, 0.2) is 0 Å². The molecule has 0 aliphatic rings. The fourth-order valence-corrected chi connectivity index (χ4v) is 1.91. The molecule has 1 unspecified atom stereocenters. The molecule has 2 aromatic carbocycles. The molecule has 2 rings (SSSR count). The summed E-state index contributed by atoms with van der Waals surface area (Å²) in [4.78, 5) is 0. The Balaban J connectivity index is 2.00. The minimum atomic E-state index is -0.577. The van der Waals surface area contributed by atoms with E-state index in [0.29, 0.717) is 17.7 Å². The first-order valence-corrected chi connectivity index (χ1v) is 6.27. The zero-order valence-electron chi connectivity index (χ0n) is 11.0. The van der Waals surface area contributed by atoms with Gasteiger partial charge in [0.25, 0.3) is 0 Å². The number of halogens is 2. The second-order valence-electron chi connectivity index (χ2n) is 4.61. The topological polar surface area (TPSA) is 35.8 Å². The highest BCUT2D eigenvalue weighted by molar-refractivity contribution is 5.31. The number of nitriles is 1. The van der Waals surface area contributed by atoms with E-state index in [9.17, 15) is 8.78 Å². The molecule has 0 saturated heterocycles. The van der Waals surface area contributed by atoms with Crippen LogP contribution in [0, 0.1) is 23.0 Å². The van der Waals surface area contributed by atoms with Crippen LogP contribution in [0.1, 0.15) is 29.7 Å². The van der Waals surface area contributed by atoms with Gasteiger partial charge >= 0.3 is 0 Å². The smallest absolute Gasteiger partial charge is 0.126 e. The summed E-state index contributed by atoms with van der Waals surface area (Å²) in [6, 6.07) is 12.6. The van der Waals surface area contributed by atoms with Crippen molar-refractivity contribution >= 4 is 0 Å². The minimum absolute atomic E-state index is 0.171. The van der Waals surface area contributed by atoms with Crippen molar-refractivity contribution in [3.05, 3.63) is 70.8 Å². The lowest BCUT2D eigenvalue weighted by Gasteiger charge is -2.14. The molecule has 0 heterocycles. The summed E-state index contributed by atoms with van der Waals surface area (Å²) in [6.45, 7) is 2.41. The van der Waals surface area contributed by atoms with Crippen molar-refractivity contribution in [3.8, 4) is 6.07 Å². The number of nitrogens with one attached hydrogen (secondary N) is 1. The molecule has 0 radical (unpaired) electrons. The van der Waals surface area contributed by atoms with Gasteiger partial charge < -0.3 is 5.32 Å². The van der Waals surface area contributed by atoms with Gasteiger partial charge in [0.05, 0.1) is 11.6 Å². The zero-order chi connectivity index (χ0) is 14.5. The average Bonchev–Trinajstić information content (AvgIpc) is 2.44. The number of hydrogen-bond acceptors (Lipinski definition) is 2. The highest BCUT2D eigenvalue weighted by Crippen LogP contribution is 2.16. The van der Waals surface area contributed by atoms with Crippen LogP contribution in [0.2, 0.25) is 0 Å². The van der Waals surface area contributed by atoms with Gasteiger partial charge in [-0.05, 0) is 42.3 Å². The third-order valence-corrected chi connectivity index (χ3v) is 3.08. The van der Waals surface area contributed by atoms with Crippen LogP contribution in [0.3, 0.4) is 0 Å². The van der Waals surface area contributed by atoms with E-state index in [1.807, 2.05) is 19.1 Å². The molecule has 4 heteroatoms. The molecule has 1 atom stereocenters. The van der Waals surface area contributed by atoms with Crippen molar-refractivity contribution < 1.29 is 8.78 Å². The number of hydrogen-bond donors (Lipinski definition) is 1. The van der Waals surface area contributed by atoms with Gasteiger partial charge in [-0.3, -0.25) is 0 Å². The van der Waals surface area contributed by atoms with E-state index in [1.165, 1.54) is 12.1 Å². The predicted molar refractivity (Wildman–Crippen MR) is 72.8 cm³/mol. The highest BCUT2D eigenvalue weighted by atomic mass is 19.1. The first-order chi connectivity index (χ1) is 9.58. The molecule has 0 aliphatic carbocycles. The first-order valence-electron chi connectivity index (χ1n) is 6.27. The third kappa shape index (κ3) is 3.62. The molecule has 0 saturated carbocycles. The Kier molecular flexibility index (Phi) is 4.44. The molecule has 0 fully saturated rings. The summed E-state index contributed by atoms with van der Waals surface area (Å²) in [5.74, 6) is -1.15. The van der Waals surface area contributed by atoms with Gasteiger partial charge in [-0.15, -0.1) is 0 Å². The van der Waals surface area contributed by atoms with Gasteiger partial charge in [0.2, 0.25) is 0 Å². The Morgan fingerprint density at radius 1 is 1.10 bits per heavy atom. The monoisotopic (exact) mass is 272 g/mol. The van der Waals surface area contributed by atoms with Crippen LogP contribution in [-0.4, -0.2) is 0 Å². The number of nitrogens with zero attached hydrogens (tertiary/aromatic N) is 1. The van der Waals surface area contributed by atoms with E-state index >= 15 is 0 Å². The molecular weight excluding hydrogens is 258 g/mol. The Bertz CT molecular complexity index is 610. The standard InChI is InChI=1S/C16H14F2N2/c1-11(14-6-15(17)8-16(18)7-14)20-10-13-4-2-12(9-19)3-5-13/h2-8,11,20H,10H2,1H3. The van der Waals surface area contributed by atoms with Crippen LogP contribution in [0.5, 0.6) is 0 Å². The van der Waals surface area contributed by atoms with E-state index in [0.717, 1.165) is 11.6 Å². The van der Waals surface area contributed by atoms with Crippen molar-refractivity contribution in [2.24, 2.45) is 0 Å². The number of benzene rings is 2. The Labute approximate surface area is 116 Å². The summed E-state index contributed by atoms with van der Waals surface area (Å²) < 4.78 is 26.3. The molecule has 0 bridgehead atoms. The molecule has 0 aromatic heterocycles. The fourth-order valence-electron chi connectivity index (χ4n) is 1.91. The Morgan fingerprint density at radius 3 is 2.25 bits per heavy atom. The first kappa shape index (κ1) is 14.2. The van der Waals surface area contributed by atoms with Gasteiger partial charge in [-0.1, -0.05) is 12.1 Å². The maximum Gasteiger partial charge on any atom is 0.126 e. The lowest BCUT2D eigenvalue weighted by atomic mass is 10.1. The van der Waals surface area contributed by atoms with Gasteiger partial charge in [-0.2, -0.15) is 5.26 Å². The minimum Gasteiger partial charge on any atom is -0.306 e. The van der Waals surface area contributed by atoms with E-state index < -0.39 is 11.6 Å². The largest absolute Gasteiger partial charge is 0.306 e. The number of rotatable bonds is 4. The summed E-state index contributed by atoms with van der Waals surface area (Å²) in [6.07, 6.45) is 0. The van der Waals surface area contributed by atoms with E-state index in [-0.39, 0.29) is 6.04 Å². The summed E-state index contributed by atoms with van der Waals surface area (Å²) in [7, 11) is 0. The second-order valence-corrected chi connectivity index (χ2v) is 4.61. The van der Waals surface area contributed by atoms with E-state index in [2.05, 4.69) is 11.4 Å². The van der Waals surface area contributed by atoms with Crippen LogP contribution < -0.4 is 5.32 Å². The quantitative estimate of drug-likeness (QED) is 0.921. The average molecular weight is 272 g/mol. The van der Waals surface area contributed by atoms with Crippen LogP contribution in [0.4, 0.5) is 8.78 Å². The Hall–Kier alpha value is -2.25. The highest BCUT2D eigenvalue weighted by Gasteiger charge is 2.08. The molecule has 0 amide bonds. The molecule has 20 heavy (non-hydrogen) atoms. The van der Waals surface area contributed by atoms with E-state index in [4.69, 9.17) is 5.26 Å². The molecule has 102 valence electrons. The normalized spacial score (nSPS) is 11.9. The lowest BCUT2D eigenvalue weighted by Crippen LogP contribution is -2.18. The van der Waals surface area contributed by atoms with Crippen LogP contribution >= 0.6 is 0 Å². The van der Waals surface area contributed by atoms with Gasteiger partial charge in [-0.25, -0.2) is 8.78 Å². The fraction of sp³-hybridized carbons (Fsp3) is 0.188. The summed E-state index contributed by atoms with van der Waals surface area (Å²) in [5, 5.41) is 11.9. The maximum absolute atomic E-state index is 13.1. The van der Waals surface area contributed by atoms with Crippen molar-refractivity contribution in [3.63, 3.8) is 0 Å². The maximum atomic E-state index is 13.1. The summed E-state index contributed by atoms with van der Waals surface area (Å²) in [5.41, 5.74) is 2.18. The predicted octanol–water partition coefficient (Wildman–Crippen LogP) is 3.69. The molecule has 0 spiro atoms. The molecule has 2 nitrogen and oxygen atoms in total. The van der Waals surface area contributed by atoms with Crippen molar-refractivity contribution in [1.29, 1.82) is 5.26 Å². The SMILES string of the molecule is CC(NCc1ccc(C#N)cc1)c1cc(F)cc(F)c1. The van der Waals surface area contributed by atoms with Crippen molar-refractivity contribution in [1.82, 2.24) is 5.32 Å². The van der Waals surface area contributed by atoms with Crippen LogP contribution in [0.25, 0.3) is 0 Å². The molecule has 1 N–H and O–H groups in total. The van der Waals surface area contributed by atoms with E-state index in [1.54, 1.807) is 12.1 Å². The molecule has 0 aliphatic heterocycles.